The van der Waals surface area contributed by atoms with Gasteiger partial charge in [-0.25, -0.2) is 9.18 Å². The topological polar surface area (TPSA) is 90.4 Å². The number of rotatable bonds is 3. The Balaban J connectivity index is 2.09. The van der Waals surface area contributed by atoms with Crippen molar-refractivity contribution in [1.29, 1.82) is 0 Å². The second kappa shape index (κ2) is 4.82. The van der Waals surface area contributed by atoms with Crippen LogP contribution in [-0.4, -0.2) is 37.6 Å². The van der Waals surface area contributed by atoms with Crippen molar-refractivity contribution < 1.29 is 14.2 Å². The summed E-state index contributed by atoms with van der Waals surface area (Å²) in [5.41, 5.74) is 4.87. The van der Waals surface area contributed by atoms with Crippen LogP contribution in [0.15, 0.2) is 29.7 Å². The standard InChI is InChI=1S/C13H16FN3O3S/c1-2-8-12(4-6-21-12)10(20-13(8,14)7-18)17-5-3-9(15)16-11(17)19/h2-3,5,8,10,18H,1,4,6-7H2,(H2,15,16,19)/t8-,10+,12+,13+/m0/s1. The van der Waals surface area contributed by atoms with Gasteiger partial charge in [0, 0.05) is 6.20 Å². The molecule has 2 aliphatic rings. The minimum absolute atomic E-state index is 0.0958. The molecule has 1 aromatic rings. The highest BCUT2D eigenvalue weighted by molar-refractivity contribution is 8.02. The summed E-state index contributed by atoms with van der Waals surface area (Å²) in [6.07, 6.45) is 2.72. The third-order valence-corrected chi connectivity index (χ3v) is 5.74. The lowest BCUT2D eigenvalue weighted by atomic mass is 9.84. The second-order valence-corrected chi connectivity index (χ2v) is 6.68. The van der Waals surface area contributed by atoms with E-state index in [4.69, 9.17) is 10.5 Å². The highest BCUT2D eigenvalue weighted by atomic mass is 32.2. The molecule has 3 rings (SSSR count). The number of aliphatic hydroxyl groups excluding tert-OH is 1. The first kappa shape index (κ1) is 14.6. The van der Waals surface area contributed by atoms with Gasteiger partial charge in [-0.2, -0.15) is 4.98 Å². The van der Waals surface area contributed by atoms with Gasteiger partial charge in [-0.05, 0) is 18.2 Å². The Bertz CT molecular complexity index is 633. The maximum Gasteiger partial charge on any atom is 0.351 e. The first-order chi connectivity index (χ1) is 9.97. The van der Waals surface area contributed by atoms with E-state index in [-0.39, 0.29) is 5.82 Å². The van der Waals surface area contributed by atoms with E-state index in [1.807, 2.05) is 0 Å². The van der Waals surface area contributed by atoms with Gasteiger partial charge in [-0.15, -0.1) is 18.3 Å². The van der Waals surface area contributed by atoms with E-state index < -0.39 is 35.0 Å². The van der Waals surface area contributed by atoms with Crippen molar-refractivity contribution in [3.8, 4) is 0 Å². The SMILES string of the molecule is C=C[C@H]1[C@]2(CCS2)[C@H](n2ccc(N)nc2=O)O[C@]1(F)CO. The van der Waals surface area contributed by atoms with Crippen molar-refractivity contribution in [3.63, 3.8) is 0 Å². The minimum atomic E-state index is -2.25. The number of nitrogens with two attached hydrogens (primary N) is 1. The summed E-state index contributed by atoms with van der Waals surface area (Å²) < 4.78 is 20.9. The molecule has 1 spiro atoms. The summed E-state index contributed by atoms with van der Waals surface area (Å²) in [6.45, 7) is 2.87. The highest BCUT2D eigenvalue weighted by Crippen LogP contribution is 2.63. The molecule has 3 heterocycles. The van der Waals surface area contributed by atoms with Gasteiger partial charge in [0.05, 0.1) is 10.7 Å². The largest absolute Gasteiger partial charge is 0.390 e. The molecule has 1 aromatic heterocycles. The molecule has 0 unspecified atom stereocenters. The molecule has 2 fully saturated rings. The monoisotopic (exact) mass is 313 g/mol. The molecule has 0 bridgehead atoms. The minimum Gasteiger partial charge on any atom is -0.390 e. The first-order valence-corrected chi connectivity index (χ1v) is 7.54. The molecule has 0 amide bonds. The van der Waals surface area contributed by atoms with Gasteiger partial charge in [-0.3, -0.25) is 4.57 Å². The Morgan fingerprint density at radius 1 is 1.76 bits per heavy atom. The van der Waals surface area contributed by atoms with E-state index in [2.05, 4.69) is 11.6 Å². The van der Waals surface area contributed by atoms with Crippen LogP contribution in [0.2, 0.25) is 0 Å². The fourth-order valence-electron chi connectivity index (χ4n) is 3.06. The third kappa shape index (κ3) is 1.93. The number of aliphatic hydroxyl groups is 1. The molecule has 2 aliphatic heterocycles. The van der Waals surface area contributed by atoms with Crippen molar-refractivity contribution in [2.45, 2.75) is 23.3 Å². The zero-order valence-corrected chi connectivity index (χ0v) is 12.1. The molecule has 0 radical (unpaired) electrons. The quantitative estimate of drug-likeness (QED) is 0.798. The molecule has 114 valence electrons. The fourth-order valence-corrected chi connectivity index (χ4v) is 4.49. The Morgan fingerprint density at radius 2 is 2.48 bits per heavy atom. The molecule has 8 heteroatoms. The number of aromatic nitrogens is 2. The van der Waals surface area contributed by atoms with Crippen molar-refractivity contribution in [2.75, 3.05) is 18.1 Å². The van der Waals surface area contributed by atoms with Crippen molar-refractivity contribution in [1.82, 2.24) is 9.55 Å². The van der Waals surface area contributed by atoms with E-state index in [1.165, 1.54) is 34.7 Å². The summed E-state index contributed by atoms with van der Waals surface area (Å²) in [5, 5.41) is 9.38. The lowest BCUT2D eigenvalue weighted by molar-refractivity contribution is -0.188. The van der Waals surface area contributed by atoms with Crippen LogP contribution in [0.1, 0.15) is 12.6 Å². The zero-order chi connectivity index (χ0) is 15.3. The normalized spacial score (nSPS) is 38.4. The number of halogens is 1. The van der Waals surface area contributed by atoms with Gasteiger partial charge < -0.3 is 15.6 Å². The van der Waals surface area contributed by atoms with Crippen LogP contribution in [0.5, 0.6) is 0 Å². The predicted molar refractivity (Wildman–Crippen MR) is 77.4 cm³/mol. The molecule has 0 aromatic carbocycles. The first-order valence-electron chi connectivity index (χ1n) is 6.55. The van der Waals surface area contributed by atoms with Crippen LogP contribution in [0.3, 0.4) is 0 Å². The van der Waals surface area contributed by atoms with Crippen LogP contribution in [0.25, 0.3) is 0 Å². The van der Waals surface area contributed by atoms with Gasteiger partial charge in [0.25, 0.3) is 0 Å². The fraction of sp³-hybridized carbons (Fsp3) is 0.538. The van der Waals surface area contributed by atoms with E-state index in [0.29, 0.717) is 6.42 Å². The maximum atomic E-state index is 14.9. The summed E-state index contributed by atoms with van der Waals surface area (Å²) in [4.78, 5) is 15.7. The Labute approximate surface area is 124 Å². The Morgan fingerprint density at radius 3 is 2.95 bits per heavy atom. The number of thioether (sulfide) groups is 1. The van der Waals surface area contributed by atoms with Crippen LogP contribution in [0, 0.1) is 5.92 Å². The smallest absolute Gasteiger partial charge is 0.351 e. The van der Waals surface area contributed by atoms with Crippen molar-refractivity contribution in [3.05, 3.63) is 35.4 Å². The van der Waals surface area contributed by atoms with Crippen LogP contribution in [0.4, 0.5) is 10.2 Å². The van der Waals surface area contributed by atoms with Gasteiger partial charge >= 0.3 is 5.69 Å². The molecule has 4 atom stereocenters. The van der Waals surface area contributed by atoms with Gasteiger partial charge in [0.2, 0.25) is 5.85 Å². The van der Waals surface area contributed by atoms with E-state index in [9.17, 15) is 14.3 Å². The number of hydrogen-bond acceptors (Lipinski definition) is 6. The molecule has 21 heavy (non-hydrogen) atoms. The van der Waals surface area contributed by atoms with Crippen LogP contribution >= 0.6 is 11.8 Å². The van der Waals surface area contributed by atoms with E-state index in [0.717, 1.165) is 5.75 Å². The third-order valence-electron chi connectivity index (χ3n) is 4.14. The predicted octanol–water partition coefficient (Wildman–Crippen LogP) is 0.690. The van der Waals surface area contributed by atoms with Crippen LogP contribution < -0.4 is 11.4 Å². The summed E-state index contributed by atoms with van der Waals surface area (Å²) >= 11 is 1.52. The average Bonchev–Trinajstić information content (AvgIpc) is 2.68. The number of anilines is 1. The molecule has 0 saturated carbocycles. The summed E-state index contributed by atoms with van der Waals surface area (Å²) in [5.74, 6) is -2.02. The summed E-state index contributed by atoms with van der Waals surface area (Å²) in [6, 6.07) is 1.46. The lowest BCUT2D eigenvalue weighted by Crippen LogP contribution is -2.49. The summed E-state index contributed by atoms with van der Waals surface area (Å²) in [7, 11) is 0. The Hall–Kier alpha value is -1.38. The lowest BCUT2D eigenvalue weighted by Gasteiger charge is -2.44. The maximum absolute atomic E-state index is 14.9. The van der Waals surface area contributed by atoms with E-state index in [1.54, 1.807) is 0 Å². The number of nitrogen functional groups attached to an aromatic ring is 1. The number of ether oxygens (including phenoxy) is 1. The second-order valence-electron chi connectivity index (χ2n) is 5.22. The van der Waals surface area contributed by atoms with Gasteiger partial charge in [-0.1, -0.05) is 6.08 Å². The molecular formula is C13H16FN3O3S. The van der Waals surface area contributed by atoms with Gasteiger partial charge in [0.1, 0.15) is 12.4 Å². The molecular weight excluding hydrogens is 297 g/mol. The van der Waals surface area contributed by atoms with E-state index >= 15 is 0 Å². The molecule has 0 aliphatic carbocycles. The van der Waals surface area contributed by atoms with Crippen molar-refractivity contribution >= 4 is 17.6 Å². The molecule has 6 nitrogen and oxygen atoms in total. The average molecular weight is 313 g/mol. The zero-order valence-electron chi connectivity index (χ0n) is 11.2. The van der Waals surface area contributed by atoms with Crippen molar-refractivity contribution in [2.24, 2.45) is 5.92 Å². The van der Waals surface area contributed by atoms with Gasteiger partial charge in [0.15, 0.2) is 6.23 Å². The number of hydrogen-bond donors (Lipinski definition) is 2. The number of alkyl halides is 1. The molecule has 2 saturated heterocycles. The Kier molecular flexibility index (Phi) is 3.34. The van der Waals surface area contributed by atoms with Crippen LogP contribution in [-0.2, 0) is 4.74 Å². The number of nitrogens with zero attached hydrogens (tertiary/aromatic N) is 2. The highest BCUT2D eigenvalue weighted by Gasteiger charge is 2.67. The molecule has 3 N–H and O–H groups in total.